The Morgan fingerprint density at radius 3 is 2.48 bits per heavy atom. The summed E-state index contributed by atoms with van der Waals surface area (Å²) in [6.45, 7) is 0.884. The molecular weight excluding hydrogens is 348 g/mol. The van der Waals surface area contributed by atoms with Gasteiger partial charge < -0.3 is 15.2 Å². The first-order chi connectivity index (χ1) is 11.9. The van der Waals surface area contributed by atoms with Crippen LogP contribution in [0.4, 0.5) is 5.82 Å². The van der Waals surface area contributed by atoms with E-state index in [1.54, 1.807) is 12.1 Å². The van der Waals surface area contributed by atoms with Crippen LogP contribution >= 0.6 is 0 Å². The van der Waals surface area contributed by atoms with Gasteiger partial charge in [-0.2, -0.15) is 0 Å². The standard InChI is InChI=1S/C15H18N4O5S/c1-24-7-6-19-25(22,23)12-4-2-11(3-5-12)8-17-14-10-16-13(9-18-14)15(20)21/h2-5,9-10,19H,6-8H2,1H3,(H,17,18)(H,20,21). The van der Waals surface area contributed by atoms with E-state index in [0.717, 1.165) is 11.8 Å². The number of rotatable bonds is 9. The fourth-order valence-electron chi connectivity index (χ4n) is 1.87. The van der Waals surface area contributed by atoms with Gasteiger partial charge >= 0.3 is 5.97 Å². The Balaban J connectivity index is 1.94. The molecule has 0 radical (unpaired) electrons. The third kappa shape index (κ3) is 5.48. The second-order valence-corrected chi connectivity index (χ2v) is 6.75. The Morgan fingerprint density at radius 2 is 1.92 bits per heavy atom. The topological polar surface area (TPSA) is 131 Å². The zero-order chi connectivity index (χ0) is 18.3. The van der Waals surface area contributed by atoms with Crippen LogP contribution in [0.25, 0.3) is 0 Å². The molecule has 2 rings (SSSR count). The lowest BCUT2D eigenvalue weighted by Gasteiger charge is -2.08. The van der Waals surface area contributed by atoms with Gasteiger partial charge in [0.05, 0.1) is 23.9 Å². The first kappa shape index (κ1) is 18.8. The van der Waals surface area contributed by atoms with Crippen LogP contribution in [0.15, 0.2) is 41.6 Å². The highest BCUT2D eigenvalue weighted by atomic mass is 32.2. The van der Waals surface area contributed by atoms with Crippen molar-refractivity contribution < 1.29 is 23.1 Å². The molecule has 0 fully saturated rings. The van der Waals surface area contributed by atoms with Gasteiger partial charge in [-0.15, -0.1) is 0 Å². The normalized spacial score (nSPS) is 11.2. The summed E-state index contributed by atoms with van der Waals surface area (Å²) in [5.41, 5.74) is 0.695. The molecule has 2 aromatic rings. The molecule has 0 atom stereocenters. The number of carbonyl (C=O) groups is 1. The Labute approximate surface area is 145 Å². The maximum absolute atomic E-state index is 12.0. The van der Waals surface area contributed by atoms with E-state index < -0.39 is 16.0 Å². The molecule has 1 aromatic carbocycles. The lowest BCUT2D eigenvalue weighted by atomic mass is 10.2. The summed E-state index contributed by atoms with van der Waals surface area (Å²) in [5.74, 6) is -0.724. The van der Waals surface area contributed by atoms with Crippen LogP contribution in [0.2, 0.25) is 0 Å². The summed E-state index contributed by atoms with van der Waals surface area (Å²) in [6, 6.07) is 6.37. The molecule has 3 N–H and O–H groups in total. The number of hydrogen-bond donors (Lipinski definition) is 3. The summed E-state index contributed by atoms with van der Waals surface area (Å²) in [6.07, 6.45) is 2.48. The van der Waals surface area contributed by atoms with Crippen molar-refractivity contribution >= 4 is 21.8 Å². The van der Waals surface area contributed by atoms with E-state index in [1.807, 2.05) is 0 Å². The number of methoxy groups -OCH3 is 1. The van der Waals surface area contributed by atoms with Crippen molar-refractivity contribution in [1.82, 2.24) is 14.7 Å². The van der Waals surface area contributed by atoms with E-state index >= 15 is 0 Å². The first-order valence-electron chi connectivity index (χ1n) is 7.29. The molecule has 0 aliphatic carbocycles. The quantitative estimate of drug-likeness (QED) is 0.553. The second kappa shape index (κ2) is 8.51. The highest BCUT2D eigenvalue weighted by molar-refractivity contribution is 7.89. The molecule has 0 saturated carbocycles. The van der Waals surface area contributed by atoms with Crippen molar-refractivity contribution in [3.05, 3.63) is 47.9 Å². The van der Waals surface area contributed by atoms with E-state index in [4.69, 9.17) is 9.84 Å². The van der Waals surface area contributed by atoms with E-state index in [0.29, 0.717) is 19.0 Å². The smallest absolute Gasteiger partial charge is 0.356 e. The van der Waals surface area contributed by atoms with Crippen LogP contribution < -0.4 is 10.0 Å². The number of nitrogens with zero attached hydrogens (tertiary/aromatic N) is 2. The van der Waals surface area contributed by atoms with Gasteiger partial charge in [-0.05, 0) is 17.7 Å². The number of aromatic nitrogens is 2. The Hall–Kier alpha value is -2.56. The molecule has 1 aromatic heterocycles. The van der Waals surface area contributed by atoms with E-state index in [1.165, 1.54) is 25.4 Å². The van der Waals surface area contributed by atoms with Gasteiger partial charge in [0.1, 0.15) is 5.82 Å². The average Bonchev–Trinajstić information content (AvgIpc) is 2.61. The molecule has 0 saturated heterocycles. The van der Waals surface area contributed by atoms with Gasteiger partial charge in [-0.1, -0.05) is 12.1 Å². The number of hydrogen-bond acceptors (Lipinski definition) is 7. The molecule has 0 aliphatic rings. The Bertz CT molecular complexity index is 807. The van der Waals surface area contributed by atoms with Crippen LogP contribution in [0.1, 0.15) is 16.1 Å². The lowest BCUT2D eigenvalue weighted by Crippen LogP contribution is -2.27. The first-order valence-corrected chi connectivity index (χ1v) is 8.77. The third-order valence-electron chi connectivity index (χ3n) is 3.18. The Morgan fingerprint density at radius 1 is 1.20 bits per heavy atom. The number of carboxylic acids is 1. The van der Waals surface area contributed by atoms with Gasteiger partial charge in [-0.25, -0.2) is 27.9 Å². The minimum atomic E-state index is -3.56. The van der Waals surface area contributed by atoms with Crippen molar-refractivity contribution in [3.8, 4) is 0 Å². The lowest BCUT2D eigenvalue weighted by molar-refractivity contribution is 0.0690. The summed E-state index contributed by atoms with van der Waals surface area (Å²) in [5, 5.41) is 11.7. The van der Waals surface area contributed by atoms with Crippen molar-refractivity contribution in [2.75, 3.05) is 25.6 Å². The van der Waals surface area contributed by atoms with Crippen LogP contribution in [-0.4, -0.2) is 49.7 Å². The number of sulfonamides is 1. The van der Waals surface area contributed by atoms with Gasteiger partial charge in [-0.3, -0.25) is 0 Å². The average molecular weight is 366 g/mol. The minimum absolute atomic E-state index is 0.138. The van der Waals surface area contributed by atoms with Crippen molar-refractivity contribution in [2.45, 2.75) is 11.4 Å². The Kier molecular flexibility index (Phi) is 6.39. The predicted octanol–water partition coefficient (Wildman–Crippen LogP) is 0.712. The molecule has 0 amide bonds. The molecular formula is C15H18N4O5S. The van der Waals surface area contributed by atoms with Crippen molar-refractivity contribution in [1.29, 1.82) is 0 Å². The fraction of sp³-hybridized carbons (Fsp3) is 0.267. The summed E-state index contributed by atoms with van der Waals surface area (Å²) in [4.78, 5) is 18.6. The SMILES string of the molecule is COCCNS(=O)(=O)c1ccc(CNc2cnc(C(=O)O)cn2)cc1. The largest absolute Gasteiger partial charge is 0.476 e. The van der Waals surface area contributed by atoms with Gasteiger partial charge in [0, 0.05) is 20.2 Å². The summed E-state index contributed by atoms with van der Waals surface area (Å²) >= 11 is 0. The van der Waals surface area contributed by atoms with E-state index in [2.05, 4.69) is 20.0 Å². The number of ether oxygens (including phenoxy) is 1. The monoisotopic (exact) mass is 366 g/mol. The molecule has 10 heteroatoms. The summed E-state index contributed by atoms with van der Waals surface area (Å²) in [7, 11) is -2.06. The van der Waals surface area contributed by atoms with Gasteiger partial charge in [0.25, 0.3) is 0 Å². The molecule has 0 aliphatic heterocycles. The summed E-state index contributed by atoms with van der Waals surface area (Å²) < 4.78 is 31.3. The van der Waals surface area contributed by atoms with Crippen LogP contribution in [0, 0.1) is 0 Å². The van der Waals surface area contributed by atoms with Crippen molar-refractivity contribution in [2.24, 2.45) is 0 Å². The maximum atomic E-state index is 12.0. The molecule has 9 nitrogen and oxygen atoms in total. The van der Waals surface area contributed by atoms with Gasteiger partial charge in [0.15, 0.2) is 5.69 Å². The molecule has 25 heavy (non-hydrogen) atoms. The number of anilines is 1. The number of nitrogens with one attached hydrogen (secondary N) is 2. The molecule has 1 heterocycles. The second-order valence-electron chi connectivity index (χ2n) is 4.98. The molecule has 134 valence electrons. The predicted molar refractivity (Wildman–Crippen MR) is 89.8 cm³/mol. The fourth-order valence-corrected chi connectivity index (χ4v) is 2.88. The van der Waals surface area contributed by atoms with Crippen LogP contribution in [0.3, 0.4) is 0 Å². The van der Waals surface area contributed by atoms with Crippen LogP contribution in [-0.2, 0) is 21.3 Å². The van der Waals surface area contributed by atoms with E-state index in [9.17, 15) is 13.2 Å². The third-order valence-corrected chi connectivity index (χ3v) is 4.65. The highest BCUT2D eigenvalue weighted by Crippen LogP contribution is 2.12. The van der Waals surface area contributed by atoms with Gasteiger partial charge in [0.2, 0.25) is 10.0 Å². The van der Waals surface area contributed by atoms with Crippen LogP contribution in [0.5, 0.6) is 0 Å². The number of carboxylic acid groups (broad SMARTS) is 1. The minimum Gasteiger partial charge on any atom is -0.476 e. The molecule has 0 unspecified atom stereocenters. The van der Waals surface area contributed by atoms with Crippen molar-refractivity contribution in [3.63, 3.8) is 0 Å². The molecule has 0 spiro atoms. The zero-order valence-corrected chi connectivity index (χ0v) is 14.3. The molecule has 0 bridgehead atoms. The maximum Gasteiger partial charge on any atom is 0.356 e. The number of aromatic carboxylic acids is 1. The zero-order valence-electron chi connectivity index (χ0n) is 13.5. The highest BCUT2D eigenvalue weighted by Gasteiger charge is 2.12. The van der Waals surface area contributed by atoms with E-state index in [-0.39, 0.29) is 17.1 Å². The number of benzene rings is 1.